The maximum absolute atomic E-state index is 11.6. The molecule has 0 aromatic heterocycles. The Labute approximate surface area is 77.4 Å². The molecule has 2 fully saturated rings. The fourth-order valence-electron chi connectivity index (χ4n) is 2.73. The average molecular weight is 182 g/mol. The molecular weight excluding hydrogens is 168 g/mol. The molecule has 3 unspecified atom stereocenters. The van der Waals surface area contributed by atoms with Gasteiger partial charge in [-0.05, 0) is 31.1 Å². The second-order valence-electron chi connectivity index (χ2n) is 4.11. The number of fused-ring (bicyclic) bond motifs is 2. The van der Waals surface area contributed by atoms with Crippen LogP contribution < -0.4 is 0 Å². The normalized spacial score (nSPS) is 37.6. The summed E-state index contributed by atoms with van der Waals surface area (Å²) >= 11 is 0. The van der Waals surface area contributed by atoms with Crippen molar-refractivity contribution in [3.63, 3.8) is 0 Å². The first kappa shape index (κ1) is 8.73. The van der Waals surface area contributed by atoms with Crippen LogP contribution in [0, 0.1) is 17.8 Å². The minimum Gasteiger partial charge on any atom is -0.468 e. The molecule has 0 aromatic carbocycles. The van der Waals surface area contributed by atoms with E-state index in [2.05, 4.69) is 4.74 Å². The Kier molecular flexibility index (Phi) is 2.10. The van der Waals surface area contributed by atoms with Gasteiger partial charge in [-0.2, -0.15) is 0 Å². The zero-order valence-electron chi connectivity index (χ0n) is 7.79. The van der Waals surface area contributed by atoms with Crippen LogP contribution in [0.3, 0.4) is 0 Å². The zero-order valence-corrected chi connectivity index (χ0v) is 7.79. The molecule has 13 heavy (non-hydrogen) atoms. The van der Waals surface area contributed by atoms with Gasteiger partial charge in [-0.1, -0.05) is 0 Å². The van der Waals surface area contributed by atoms with Crippen molar-refractivity contribution in [1.82, 2.24) is 0 Å². The van der Waals surface area contributed by atoms with Crippen LogP contribution >= 0.6 is 0 Å². The van der Waals surface area contributed by atoms with Crippen LogP contribution in [0.4, 0.5) is 0 Å². The van der Waals surface area contributed by atoms with E-state index < -0.39 is 5.92 Å². The number of methoxy groups -OCH3 is 1. The molecule has 3 atom stereocenters. The lowest BCUT2D eigenvalue weighted by molar-refractivity contribution is -0.152. The van der Waals surface area contributed by atoms with Crippen molar-refractivity contribution < 1.29 is 14.3 Å². The van der Waals surface area contributed by atoms with Crippen molar-refractivity contribution in [2.24, 2.45) is 17.8 Å². The first-order valence-corrected chi connectivity index (χ1v) is 4.83. The summed E-state index contributed by atoms with van der Waals surface area (Å²) in [6.07, 6.45) is 3.78. The van der Waals surface area contributed by atoms with E-state index >= 15 is 0 Å². The monoisotopic (exact) mass is 182 g/mol. The molecule has 0 amide bonds. The first-order valence-electron chi connectivity index (χ1n) is 4.83. The Morgan fingerprint density at radius 1 is 1.46 bits per heavy atom. The van der Waals surface area contributed by atoms with Gasteiger partial charge in [0.25, 0.3) is 0 Å². The van der Waals surface area contributed by atoms with Crippen molar-refractivity contribution in [3.8, 4) is 0 Å². The summed E-state index contributed by atoms with van der Waals surface area (Å²) in [5, 5.41) is 0. The van der Waals surface area contributed by atoms with E-state index in [9.17, 15) is 9.59 Å². The summed E-state index contributed by atoms with van der Waals surface area (Å²) in [6.45, 7) is 0. The van der Waals surface area contributed by atoms with Gasteiger partial charge < -0.3 is 4.74 Å². The van der Waals surface area contributed by atoms with Crippen molar-refractivity contribution in [2.75, 3.05) is 7.11 Å². The maximum atomic E-state index is 11.6. The summed E-state index contributed by atoms with van der Waals surface area (Å²) in [7, 11) is 1.36. The highest BCUT2D eigenvalue weighted by molar-refractivity contribution is 6.00. The van der Waals surface area contributed by atoms with Crippen LogP contribution in [0.2, 0.25) is 0 Å². The predicted octanol–water partition coefficient (Wildman–Crippen LogP) is 1.16. The van der Waals surface area contributed by atoms with Gasteiger partial charge in [0.15, 0.2) is 0 Å². The van der Waals surface area contributed by atoms with E-state index in [0.717, 1.165) is 19.3 Å². The molecular formula is C10H14O3. The second-order valence-corrected chi connectivity index (χ2v) is 4.11. The highest BCUT2D eigenvalue weighted by Crippen LogP contribution is 2.43. The van der Waals surface area contributed by atoms with Gasteiger partial charge in [-0.3, -0.25) is 9.59 Å². The van der Waals surface area contributed by atoms with Crippen LogP contribution in [0.15, 0.2) is 0 Å². The number of rotatable bonds is 1. The van der Waals surface area contributed by atoms with Crippen molar-refractivity contribution in [3.05, 3.63) is 0 Å². The highest BCUT2D eigenvalue weighted by atomic mass is 16.5. The number of hydrogen-bond acceptors (Lipinski definition) is 3. The molecule has 0 heterocycles. The van der Waals surface area contributed by atoms with Crippen molar-refractivity contribution in [2.45, 2.75) is 25.7 Å². The Hall–Kier alpha value is -0.860. The quantitative estimate of drug-likeness (QED) is 0.451. The highest BCUT2D eigenvalue weighted by Gasteiger charge is 2.45. The molecule has 72 valence electrons. The number of ketones is 1. The number of carbonyl (C=O) groups excluding carboxylic acids is 2. The van der Waals surface area contributed by atoms with Crippen LogP contribution in [-0.2, 0) is 14.3 Å². The SMILES string of the molecule is COC(=O)C1C(=O)CC2CCC1C2. The molecule has 2 aliphatic rings. The molecule has 0 N–H and O–H groups in total. The predicted molar refractivity (Wildman–Crippen MR) is 46.0 cm³/mol. The molecule has 2 aliphatic carbocycles. The van der Waals surface area contributed by atoms with Crippen molar-refractivity contribution in [1.29, 1.82) is 0 Å². The lowest BCUT2D eigenvalue weighted by Crippen LogP contribution is -2.35. The lowest BCUT2D eigenvalue weighted by Gasteiger charge is -2.24. The zero-order chi connectivity index (χ0) is 9.42. The maximum Gasteiger partial charge on any atom is 0.316 e. The molecule has 0 aromatic rings. The fraction of sp³-hybridized carbons (Fsp3) is 0.800. The third kappa shape index (κ3) is 1.36. The molecule has 0 saturated heterocycles. The minimum absolute atomic E-state index is 0.102. The van der Waals surface area contributed by atoms with Crippen molar-refractivity contribution >= 4 is 11.8 Å². The molecule has 0 aliphatic heterocycles. The molecule has 3 heteroatoms. The molecule has 2 saturated carbocycles. The van der Waals surface area contributed by atoms with Crippen LogP contribution in [0.1, 0.15) is 25.7 Å². The summed E-state index contributed by atoms with van der Waals surface area (Å²) in [6, 6.07) is 0. The number of ether oxygens (including phenoxy) is 1. The van der Waals surface area contributed by atoms with Gasteiger partial charge in [-0.25, -0.2) is 0 Å². The standard InChI is InChI=1S/C10H14O3/c1-13-10(12)9-7-3-2-6(4-7)5-8(9)11/h6-7,9H,2-5H2,1H3. The van der Waals surface area contributed by atoms with E-state index in [1.54, 1.807) is 0 Å². The number of hydrogen-bond donors (Lipinski definition) is 0. The first-order chi connectivity index (χ1) is 6.22. The summed E-state index contributed by atoms with van der Waals surface area (Å²) in [5.41, 5.74) is 0. The van der Waals surface area contributed by atoms with E-state index in [-0.39, 0.29) is 17.7 Å². The van der Waals surface area contributed by atoms with Crippen LogP contribution in [0.25, 0.3) is 0 Å². The Morgan fingerprint density at radius 2 is 2.23 bits per heavy atom. The largest absolute Gasteiger partial charge is 0.468 e. The van der Waals surface area contributed by atoms with Gasteiger partial charge >= 0.3 is 5.97 Å². The van der Waals surface area contributed by atoms with Gasteiger partial charge in [0.2, 0.25) is 0 Å². The van der Waals surface area contributed by atoms with Gasteiger partial charge in [0.1, 0.15) is 11.7 Å². The summed E-state index contributed by atoms with van der Waals surface area (Å²) in [4.78, 5) is 22.9. The Bertz CT molecular complexity index is 247. The summed E-state index contributed by atoms with van der Waals surface area (Å²) in [5.74, 6) is 0.168. The van der Waals surface area contributed by atoms with Gasteiger partial charge in [0.05, 0.1) is 7.11 Å². The van der Waals surface area contributed by atoms with E-state index in [1.165, 1.54) is 7.11 Å². The second kappa shape index (κ2) is 3.13. The molecule has 3 nitrogen and oxygen atoms in total. The smallest absolute Gasteiger partial charge is 0.316 e. The lowest BCUT2D eigenvalue weighted by atomic mass is 9.79. The summed E-state index contributed by atoms with van der Waals surface area (Å²) < 4.78 is 4.65. The number of Topliss-reactive ketones (excluding diaryl/α,β-unsaturated/α-hetero) is 1. The van der Waals surface area contributed by atoms with E-state index in [1.807, 2.05) is 0 Å². The molecule has 2 rings (SSSR count). The molecule has 0 spiro atoms. The van der Waals surface area contributed by atoms with E-state index in [4.69, 9.17) is 0 Å². The number of carbonyl (C=O) groups is 2. The van der Waals surface area contributed by atoms with Gasteiger partial charge in [0, 0.05) is 6.42 Å². The molecule has 0 radical (unpaired) electrons. The Balaban J connectivity index is 2.16. The Morgan fingerprint density at radius 3 is 2.92 bits per heavy atom. The average Bonchev–Trinajstić information content (AvgIpc) is 2.48. The van der Waals surface area contributed by atoms with Gasteiger partial charge in [-0.15, -0.1) is 0 Å². The van der Waals surface area contributed by atoms with Crippen LogP contribution in [-0.4, -0.2) is 18.9 Å². The number of esters is 1. The third-order valence-corrected chi connectivity index (χ3v) is 3.35. The molecule has 2 bridgehead atoms. The third-order valence-electron chi connectivity index (χ3n) is 3.35. The minimum atomic E-state index is -0.441. The fourth-order valence-corrected chi connectivity index (χ4v) is 2.73. The van der Waals surface area contributed by atoms with Crippen LogP contribution in [0.5, 0.6) is 0 Å². The van der Waals surface area contributed by atoms with E-state index in [0.29, 0.717) is 12.3 Å². The topological polar surface area (TPSA) is 43.4 Å².